The Labute approximate surface area is 378 Å². The number of carbonyl (C=O) groups is 2. The van der Waals surface area contributed by atoms with Gasteiger partial charge in [0.15, 0.2) is 6.10 Å². The van der Waals surface area contributed by atoms with E-state index in [1.807, 2.05) is 33.3 Å². The van der Waals surface area contributed by atoms with Gasteiger partial charge in [0.1, 0.15) is 19.8 Å². The van der Waals surface area contributed by atoms with Gasteiger partial charge < -0.3 is 27.9 Å². The quantitative estimate of drug-likeness (QED) is 0.0197. The standard InChI is InChI=1S/C52H84NO8P/c1-6-8-10-12-14-16-18-20-22-24-26-28-30-32-34-36-38-40-42-44-51(54)58-48-50(49-60-62(56,57)59-47-46-53(3,4)5)61-52(55)45-43-41-39-37-35-33-31-29-27-25-23-21-19-17-15-13-11-9-7-2/h8,10,14-17,20-23,26-29,32-35,39,41,50H,6-7,9,11-13,18-19,24-25,30-31,36-38,40,42-49H2,1-5H3/b10-8+,16-14+,17-15+,22-20+,23-21+,28-26+,29-27+,34-32+,35-33+,41-39+/t50-/m1/s1. The molecule has 0 aromatic rings. The van der Waals surface area contributed by atoms with E-state index in [-0.39, 0.29) is 26.1 Å². The van der Waals surface area contributed by atoms with Gasteiger partial charge in [-0.05, 0) is 96.3 Å². The Morgan fingerprint density at radius 2 is 0.952 bits per heavy atom. The van der Waals surface area contributed by atoms with Gasteiger partial charge in [-0.3, -0.25) is 14.2 Å². The van der Waals surface area contributed by atoms with E-state index in [1.165, 1.54) is 25.7 Å². The third kappa shape index (κ3) is 45.9. The van der Waals surface area contributed by atoms with Crippen LogP contribution in [0.3, 0.4) is 0 Å². The number of phosphoric acid groups is 1. The Bertz CT molecular complexity index is 1460. The van der Waals surface area contributed by atoms with Crippen molar-refractivity contribution in [1.29, 1.82) is 0 Å². The van der Waals surface area contributed by atoms with Crippen LogP contribution in [0.25, 0.3) is 0 Å². The van der Waals surface area contributed by atoms with Gasteiger partial charge in [-0.2, -0.15) is 0 Å². The lowest BCUT2D eigenvalue weighted by Crippen LogP contribution is -2.37. The number of nitrogens with zero attached hydrogens (tertiary/aromatic N) is 1. The Hall–Kier alpha value is -3.59. The Kier molecular flexibility index (Phi) is 40.2. The Morgan fingerprint density at radius 3 is 1.40 bits per heavy atom. The molecule has 0 aromatic heterocycles. The van der Waals surface area contributed by atoms with Crippen LogP contribution in [0.2, 0.25) is 0 Å². The van der Waals surface area contributed by atoms with Crippen molar-refractivity contribution in [3.63, 3.8) is 0 Å². The lowest BCUT2D eigenvalue weighted by molar-refractivity contribution is -0.870. The number of unbranched alkanes of at least 4 members (excludes halogenated alkanes) is 6. The van der Waals surface area contributed by atoms with Crippen LogP contribution in [0, 0.1) is 0 Å². The van der Waals surface area contributed by atoms with Gasteiger partial charge in [-0.15, -0.1) is 0 Å². The molecule has 0 aliphatic heterocycles. The summed E-state index contributed by atoms with van der Waals surface area (Å²) >= 11 is 0. The fourth-order valence-corrected chi connectivity index (χ4v) is 6.10. The number of hydrogen-bond acceptors (Lipinski definition) is 8. The number of allylic oxidation sites excluding steroid dienone is 20. The van der Waals surface area contributed by atoms with Crippen LogP contribution in [0.4, 0.5) is 0 Å². The van der Waals surface area contributed by atoms with Crippen molar-refractivity contribution in [2.75, 3.05) is 47.5 Å². The van der Waals surface area contributed by atoms with Crippen molar-refractivity contribution < 1.29 is 42.1 Å². The van der Waals surface area contributed by atoms with Gasteiger partial charge in [-0.25, -0.2) is 0 Å². The van der Waals surface area contributed by atoms with E-state index in [9.17, 15) is 19.0 Å². The SMILES string of the molecule is CC/C=C/C/C=C/C/C=C/C/C=C/C/C=C/CCCCCC(=O)OC[C@H](COP(=O)([O-])OCC[N+](C)(C)C)OC(=O)CC/C=C/C/C=C/C/C=C/C/C=C/C/C=C/CCCCC. The van der Waals surface area contributed by atoms with E-state index in [1.54, 1.807) is 0 Å². The fraction of sp³-hybridized carbons (Fsp3) is 0.577. The first kappa shape index (κ1) is 58.4. The maximum Gasteiger partial charge on any atom is 0.306 e. The first-order valence-corrected chi connectivity index (χ1v) is 24.7. The van der Waals surface area contributed by atoms with Gasteiger partial charge in [0.05, 0.1) is 27.7 Å². The summed E-state index contributed by atoms with van der Waals surface area (Å²) in [7, 11) is 1.08. The molecular formula is C52H84NO8P. The Balaban J connectivity index is 4.54. The molecule has 0 saturated heterocycles. The average molecular weight is 882 g/mol. The Morgan fingerprint density at radius 1 is 0.516 bits per heavy atom. The van der Waals surface area contributed by atoms with Crippen molar-refractivity contribution in [3.8, 4) is 0 Å². The second-order valence-electron chi connectivity index (χ2n) is 16.0. The average Bonchev–Trinajstić information content (AvgIpc) is 3.23. The maximum absolute atomic E-state index is 12.7. The number of hydrogen-bond donors (Lipinski definition) is 0. The molecule has 0 aliphatic rings. The number of rotatable bonds is 40. The lowest BCUT2D eigenvalue weighted by Gasteiger charge is -2.28. The van der Waals surface area contributed by atoms with Gasteiger partial charge in [-0.1, -0.05) is 155 Å². The molecule has 0 fully saturated rings. The van der Waals surface area contributed by atoms with Crippen LogP contribution < -0.4 is 4.89 Å². The largest absolute Gasteiger partial charge is 0.756 e. The van der Waals surface area contributed by atoms with Crippen LogP contribution in [-0.4, -0.2) is 70.0 Å². The summed E-state index contributed by atoms with van der Waals surface area (Å²) in [5.41, 5.74) is 0. The number of ether oxygens (including phenoxy) is 2. The molecule has 1 unspecified atom stereocenters. The summed E-state index contributed by atoms with van der Waals surface area (Å²) in [4.78, 5) is 37.6. The van der Waals surface area contributed by atoms with Gasteiger partial charge >= 0.3 is 11.9 Å². The van der Waals surface area contributed by atoms with E-state index >= 15 is 0 Å². The second kappa shape index (κ2) is 42.7. The van der Waals surface area contributed by atoms with E-state index in [2.05, 4.69) is 123 Å². The zero-order valence-corrected chi connectivity index (χ0v) is 40.1. The molecule has 0 N–H and O–H groups in total. The zero-order valence-electron chi connectivity index (χ0n) is 39.3. The topological polar surface area (TPSA) is 111 Å². The molecule has 350 valence electrons. The summed E-state index contributed by atoms with van der Waals surface area (Å²) in [5.74, 6) is -0.982. The zero-order chi connectivity index (χ0) is 45.7. The third-order valence-electron chi connectivity index (χ3n) is 8.98. The molecule has 0 saturated carbocycles. The van der Waals surface area contributed by atoms with Crippen LogP contribution in [0.15, 0.2) is 122 Å². The monoisotopic (exact) mass is 882 g/mol. The summed E-state index contributed by atoms with van der Waals surface area (Å²) < 4.78 is 33.8. The highest BCUT2D eigenvalue weighted by atomic mass is 31.2. The molecular weight excluding hydrogens is 798 g/mol. The molecule has 9 nitrogen and oxygen atoms in total. The van der Waals surface area contributed by atoms with Crippen molar-refractivity contribution in [2.45, 2.75) is 148 Å². The molecule has 62 heavy (non-hydrogen) atoms. The lowest BCUT2D eigenvalue weighted by atomic mass is 10.1. The molecule has 0 rings (SSSR count). The molecule has 0 aliphatic carbocycles. The number of quaternary nitrogens is 1. The summed E-state index contributed by atoms with van der Waals surface area (Å²) in [6.07, 6.45) is 59.6. The van der Waals surface area contributed by atoms with Crippen molar-refractivity contribution in [2.24, 2.45) is 0 Å². The molecule has 2 atom stereocenters. The van der Waals surface area contributed by atoms with Crippen LogP contribution in [0.1, 0.15) is 142 Å². The number of carbonyl (C=O) groups excluding carboxylic acids is 2. The summed E-state index contributed by atoms with van der Waals surface area (Å²) in [6.45, 7) is 3.93. The summed E-state index contributed by atoms with van der Waals surface area (Å²) in [5, 5.41) is 0. The molecule has 0 bridgehead atoms. The number of esters is 2. The van der Waals surface area contributed by atoms with Crippen molar-refractivity contribution in [3.05, 3.63) is 122 Å². The predicted molar refractivity (Wildman–Crippen MR) is 258 cm³/mol. The first-order valence-electron chi connectivity index (χ1n) is 23.2. The smallest absolute Gasteiger partial charge is 0.306 e. The number of phosphoric ester groups is 1. The predicted octanol–water partition coefficient (Wildman–Crippen LogP) is 13.1. The molecule has 0 amide bonds. The molecule has 0 radical (unpaired) electrons. The van der Waals surface area contributed by atoms with Crippen molar-refractivity contribution >= 4 is 19.8 Å². The van der Waals surface area contributed by atoms with Gasteiger partial charge in [0.2, 0.25) is 0 Å². The molecule has 10 heteroatoms. The van der Waals surface area contributed by atoms with E-state index < -0.39 is 32.5 Å². The molecule has 0 spiro atoms. The molecule has 0 heterocycles. The number of likely N-dealkylation sites (N-methyl/N-ethyl adjacent to an activating group) is 1. The summed E-state index contributed by atoms with van der Waals surface area (Å²) in [6, 6.07) is 0. The first-order chi connectivity index (χ1) is 30.0. The minimum absolute atomic E-state index is 0.0573. The highest BCUT2D eigenvalue weighted by molar-refractivity contribution is 7.45. The van der Waals surface area contributed by atoms with Crippen LogP contribution >= 0.6 is 7.82 Å². The van der Waals surface area contributed by atoms with E-state index in [0.717, 1.165) is 77.0 Å². The van der Waals surface area contributed by atoms with E-state index in [0.29, 0.717) is 23.9 Å². The molecule has 0 aromatic carbocycles. The van der Waals surface area contributed by atoms with Gasteiger partial charge in [0.25, 0.3) is 7.82 Å². The van der Waals surface area contributed by atoms with Gasteiger partial charge in [0, 0.05) is 12.8 Å². The van der Waals surface area contributed by atoms with Crippen molar-refractivity contribution in [1.82, 2.24) is 0 Å². The fourth-order valence-electron chi connectivity index (χ4n) is 5.37. The normalized spacial score (nSPS) is 14.6. The highest BCUT2D eigenvalue weighted by Gasteiger charge is 2.21. The van der Waals surface area contributed by atoms with Crippen LogP contribution in [0.5, 0.6) is 0 Å². The second-order valence-corrected chi connectivity index (χ2v) is 17.4. The highest BCUT2D eigenvalue weighted by Crippen LogP contribution is 2.38. The third-order valence-corrected chi connectivity index (χ3v) is 9.94. The minimum Gasteiger partial charge on any atom is -0.756 e. The maximum atomic E-state index is 12.7. The minimum atomic E-state index is -4.67. The van der Waals surface area contributed by atoms with E-state index in [4.69, 9.17) is 18.5 Å². The van der Waals surface area contributed by atoms with Crippen LogP contribution in [-0.2, 0) is 32.7 Å².